The summed E-state index contributed by atoms with van der Waals surface area (Å²) >= 11 is 3.42. The molecule has 0 radical (unpaired) electrons. The second-order valence-electron chi connectivity index (χ2n) is 6.20. The van der Waals surface area contributed by atoms with Crippen LogP contribution in [-0.4, -0.2) is 40.9 Å². The Kier molecular flexibility index (Phi) is 5.51. The van der Waals surface area contributed by atoms with Gasteiger partial charge in [-0.3, -0.25) is 9.69 Å². The zero-order chi connectivity index (χ0) is 17.8. The van der Waals surface area contributed by atoms with Gasteiger partial charge in [0.1, 0.15) is 4.47 Å². The van der Waals surface area contributed by atoms with Gasteiger partial charge in [-0.1, -0.05) is 12.1 Å². The number of nitriles is 1. The number of hydrogen-bond donors (Lipinski definition) is 0. The van der Waals surface area contributed by atoms with Gasteiger partial charge in [0.25, 0.3) is 5.56 Å². The van der Waals surface area contributed by atoms with E-state index in [2.05, 4.69) is 36.9 Å². The van der Waals surface area contributed by atoms with Gasteiger partial charge in [0.2, 0.25) is 0 Å². The average Bonchev–Trinajstić information content (AvgIpc) is 2.86. The van der Waals surface area contributed by atoms with Crippen LogP contribution in [0.3, 0.4) is 0 Å². The van der Waals surface area contributed by atoms with E-state index in [1.807, 2.05) is 24.3 Å². The van der Waals surface area contributed by atoms with Crippen molar-refractivity contribution in [3.8, 4) is 6.07 Å². The van der Waals surface area contributed by atoms with E-state index in [0.29, 0.717) is 10.0 Å². The SMILES string of the molecule is Cn1ncc(N2CCCN(Cc3ccc(C#N)cc3)CC2)c(Br)c1=O. The van der Waals surface area contributed by atoms with Crippen LogP contribution in [0.25, 0.3) is 0 Å². The summed E-state index contributed by atoms with van der Waals surface area (Å²) in [5, 5.41) is 13.0. The average molecular weight is 402 g/mol. The topological polar surface area (TPSA) is 65.2 Å². The van der Waals surface area contributed by atoms with Gasteiger partial charge in [-0.15, -0.1) is 0 Å². The van der Waals surface area contributed by atoms with E-state index in [9.17, 15) is 4.79 Å². The highest BCUT2D eigenvalue weighted by Gasteiger charge is 2.19. The molecular formula is C18H20BrN5O. The predicted octanol–water partition coefficient (Wildman–Crippen LogP) is 2.13. The van der Waals surface area contributed by atoms with Gasteiger partial charge < -0.3 is 4.90 Å². The molecule has 0 unspecified atom stereocenters. The number of aryl methyl sites for hydroxylation is 1. The lowest BCUT2D eigenvalue weighted by Crippen LogP contribution is -2.32. The summed E-state index contributed by atoms with van der Waals surface area (Å²) in [6, 6.07) is 9.91. The standard InChI is InChI=1S/C18H20BrN5O/c1-22-18(25)17(19)16(12-21-22)24-8-2-7-23(9-10-24)13-15-5-3-14(11-20)4-6-15/h3-6,12H,2,7-10,13H2,1H3. The molecule has 1 aromatic heterocycles. The molecule has 1 aromatic carbocycles. The molecule has 0 atom stereocenters. The summed E-state index contributed by atoms with van der Waals surface area (Å²) in [7, 11) is 1.65. The van der Waals surface area contributed by atoms with Crippen LogP contribution in [0, 0.1) is 11.3 Å². The molecule has 1 saturated heterocycles. The van der Waals surface area contributed by atoms with E-state index in [0.717, 1.165) is 44.8 Å². The quantitative estimate of drug-likeness (QED) is 0.787. The van der Waals surface area contributed by atoms with Crippen molar-refractivity contribution in [2.24, 2.45) is 7.05 Å². The Hall–Kier alpha value is -2.17. The molecule has 25 heavy (non-hydrogen) atoms. The molecule has 0 bridgehead atoms. The minimum Gasteiger partial charge on any atom is -0.368 e. The van der Waals surface area contributed by atoms with Gasteiger partial charge in [0.15, 0.2) is 0 Å². The molecule has 2 aromatic rings. The minimum absolute atomic E-state index is 0.115. The predicted molar refractivity (Wildman–Crippen MR) is 100 cm³/mol. The van der Waals surface area contributed by atoms with Gasteiger partial charge in [0.05, 0.1) is 23.5 Å². The first kappa shape index (κ1) is 17.6. The molecule has 0 N–H and O–H groups in total. The number of anilines is 1. The van der Waals surface area contributed by atoms with Crippen LogP contribution in [0.15, 0.2) is 39.7 Å². The third-order valence-electron chi connectivity index (χ3n) is 4.48. The second kappa shape index (κ2) is 7.81. The maximum Gasteiger partial charge on any atom is 0.282 e. The normalized spacial score (nSPS) is 15.6. The van der Waals surface area contributed by atoms with Crippen molar-refractivity contribution in [1.82, 2.24) is 14.7 Å². The van der Waals surface area contributed by atoms with Crippen molar-refractivity contribution < 1.29 is 0 Å². The molecule has 0 saturated carbocycles. The van der Waals surface area contributed by atoms with Crippen LogP contribution < -0.4 is 10.5 Å². The minimum atomic E-state index is -0.115. The van der Waals surface area contributed by atoms with E-state index in [1.54, 1.807) is 13.2 Å². The van der Waals surface area contributed by atoms with Crippen molar-refractivity contribution in [3.05, 3.63) is 56.4 Å². The Labute approximate surface area is 155 Å². The van der Waals surface area contributed by atoms with Crippen molar-refractivity contribution in [3.63, 3.8) is 0 Å². The smallest absolute Gasteiger partial charge is 0.282 e. The van der Waals surface area contributed by atoms with Gasteiger partial charge in [-0.05, 0) is 40.0 Å². The fourth-order valence-corrected chi connectivity index (χ4v) is 3.65. The van der Waals surface area contributed by atoms with Crippen LogP contribution in [0.1, 0.15) is 17.5 Å². The number of benzene rings is 1. The summed E-state index contributed by atoms with van der Waals surface area (Å²) < 4.78 is 1.91. The molecule has 7 heteroatoms. The lowest BCUT2D eigenvalue weighted by Gasteiger charge is -2.24. The van der Waals surface area contributed by atoms with Gasteiger partial charge >= 0.3 is 0 Å². The highest BCUT2D eigenvalue weighted by Crippen LogP contribution is 2.23. The first-order chi connectivity index (χ1) is 12.1. The van der Waals surface area contributed by atoms with Crippen LogP contribution in [0.4, 0.5) is 5.69 Å². The maximum atomic E-state index is 12.1. The molecule has 2 heterocycles. The van der Waals surface area contributed by atoms with E-state index in [4.69, 9.17) is 5.26 Å². The summed E-state index contributed by atoms with van der Waals surface area (Å²) in [6.07, 6.45) is 2.78. The number of nitrogens with zero attached hydrogens (tertiary/aromatic N) is 5. The zero-order valence-electron chi connectivity index (χ0n) is 14.2. The van der Waals surface area contributed by atoms with Crippen LogP contribution in [0.2, 0.25) is 0 Å². The number of aromatic nitrogens is 2. The van der Waals surface area contributed by atoms with Crippen LogP contribution in [-0.2, 0) is 13.6 Å². The Morgan fingerprint density at radius 3 is 2.68 bits per heavy atom. The summed E-state index contributed by atoms with van der Waals surface area (Å²) in [4.78, 5) is 16.7. The van der Waals surface area contributed by atoms with E-state index >= 15 is 0 Å². The molecule has 0 aliphatic carbocycles. The summed E-state index contributed by atoms with van der Waals surface area (Å²) in [6.45, 7) is 4.55. The van der Waals surface area contributed by atoms with Gasteiger partial charge in [0, 0.05) is 39.8 Å². The molecule has 1 aliphatic rings. The monoisotopic (exact) mass is 401 g/mol. The van der Waals surface area contributed by atoms with E-state index in [1.165, 1.54) is 10.2 Å². The lowest BCUT2D eigenvalue weighted by atomic mass is 10.1. The zero-order valence-corrected chi connectivity index (χ0v) is 15.7. The summed E-state index contributed by atoms with van der Waals surface area (Å²) in [5.41, 5.74) is 2.65. The number of halogens is 1. The third-order valence-corrected chi connectivity index (χ3v) is 5.22. The largest absolute Gasteiger partial charge is 0.368 e. The molecule has 6 nitrogen and oxygen atoms in total. The highest BCUT2D eigenvalue weighted by atomic mass is 79.9. The summed E-state index contributed by atoms with van der Waals surface area (Å²) in [5.74, 6) is 0. The Balaban J connectivity index is 1.67. The van der Waals surface area contributed by atoms with Crippen molar-refractivity contribution in [2.45, 2.75) is 13.0 Å². The Bertz CT molecular complexity index is 840. The van der Waals surface area contributed by atoms with Crippen LogP contribution in [0.5, 0.6) is 0 Å². The Morgan fingerprint density at radius 1 is 1.20 bits per heavy atom. The molecule has 1 aliphatic heterocycles. The van der Waals surface area contributed by atoms with E-state index in [-0.39, 0.29) is 5.56 Å². The second-order valence-corrected chi connectivity index (χ2v) is 6.99. The van der Waals surface area contributed by atoms with Gasteiger partial charge in [-0.2, -0.15) is 10.4 Å². The van der Waals surface area contributed by atoms with Crippen molar-refractivity contribution in [2.75, 3.05) is 31.1 Å². The first-order valence-electron chi connectivity index (χ1n) is 8.26. The molecule has 3 rings (SSSR count). The Morgan fingerprint density at radius 2 is 1.96 bits per heavy atom. The molecule has 130 valence electrons. The fraction of sp³-hybridized carbons (Fsp3) is 0.389. The first-order valence-corrected chi connectivity index (χ1v) is 9.06. The lowest BCUT2D eigenvalue weighted by molar-refractivity contribution is 0.285. The third kappa shape index (κ3) is 4.09. The number of rotatable bonds is 3. The maximum absolute atomic E-state index is 12.1. The molecule has 1 fully saturated rings. The van der Waals surface area contributed by atoms with Crippen LogP contribution >= 0.6 is 15.9 Å². The molecule has 0 amide bonds. The van der Waals surface area contributed by atoms with Gasteiger partial charge in [-0.25, -0.2) is 4.68 Å². The van der Waals surface area contributed by atoms with Crippen molar-refractivity contribution in [1.29, 1.82) is 5.26 Å². The fourth-order valence-electron chi connectivity index (χ4n) is 3.04. The van der Waals surface area contributed by atoms with Crippen molar-refractivity contribution >= 4 is 21.6 Å². The molecule has 0 spiro atoms. The molecular weight excluding hydrogens is 382 g/mol. The highest BCUT2D eigenvalue weighted by molar-refractivity contribution is 9.10. The van der Waals surface area contributed by atoms with E-state index < -0.39 is 0 Å². The number of hydrogen-bond acceptors (Lipinski definition) is 5.